The highest BCUT2D eigenvalue weighted by Gasteiger charge is 2.31. The van der Waals surface area contributed by atoms with E-state index in [1.165, 1.54) is 44.3 Å². The molecule has 3 rings (SSSR count). The Morgan fingerprint density at radius 1 is 1.11 bits per heavy atom. The molecule has 2 aliphatic rings. The Hall–Kier alpha value is -1.06. The molecule has 3 heteroatoms. The van der Waals surface area contributed by atoms with Gasteiger partial charge >= 0.3 is 0 Å². The quantitative estimate of drug-likeness (QED) is 0.873. The molecule has 0 aromatic heterocycles. The molecule has 0 amide bonds. The Bertz CT molecular complexity index is 405. The van der Waals surface area contributed by atoms with Gasteiger partial charge in [0.2, 0.25) is 0 Å². The van der Waals surface area contributed by atoms with E-state index < -0.39 is 0 Å². The van der Waals surface area contributed by atoms with Gasteiger partial charge in [0.1, 0.15) is 5.75 Å². The predicted octanol–water partition coefficient (Wildman–Crippen LogP) is 2.67. The zero-order valence-electron chi connectivity index (χ0n) is 11.7. The second-order valence-electron chi connectivity index (χ2n) is 6.02. The summed E-state index contributed by atoms with van der Waals surface area (Å²) >= 11 is 0. The molecule has 19 heavy (non-hydrogen) atoms. The minimum atomic E-state index is 0.341. The van der Waals surface area contributed by atoms with Crippen molar-refractivity contribution in [3.05, 3.63) is 29.8 Å². The summed E-state index contributed by atoms with van der Waals surface area (Å²) < 4.78 is 0. The van der Waals surface area contributed by atoms with E-state index in [4.69, 9.17) is 0 Å². The number of piperidine rings is 1. The topological polar surface area (TPSA) is 35.5 Å². The average Bonchev–Trinajstić information content (AvgIpc) is 3.25. The van der Waals surface area contributed by atoms with Gasteiger partial charge in [0, 0.05) is 18.1 Å². The molecule has 104 valence electrons. The van der Waals surface area contributed by atoms with Crippen LogP contribution >= 0.6 is 0 Å². The van der Waals surface area contributed by atoms with Gasteiger partial charge in [-0.15, -0.1) is 0 Å². The zero-order chi connectivity index (χ0) is 13.2. The van der Waals surface area contributed by atoms with E-state index in [0.29, 0.717) is 17.8 Å². The molecule has 3 nitrogen and oxygen atoms in total. The fourth-order valence-electron chi connectivity index (χ4n) is 3.08. The van der Waals surface area contributed by atoms with E-state index in [2.05, 4.69) is 17.1 Å². The summed E-state index contributed by atoms with van der Waals surface area (Å²) in [4.78, 5) is 2.66. The molecular formula is C16H24N2O. The molecule has 2 fully saturated rings. The Morgan fingerprint density at radius 3 is 2.32 bits per heavy atom. The SMILES string of the molecule is CC(NC1CCN(C2CC2)CC1)c1ccc(O)cc1. The van der Waals surface area contributed by atoms with Crippen molar-refractivity contribution in [1.29, 1.82) is 0 Å². The molecule has 0 spiro atoms. The maximum absolute atomic E-state index is 9.32. The van der Waals surface area contributed by atoms with Gasteiger partial charge in [-0.25, -0.2) is 0 Å². The summed E-state index contributed by atoms with van der Waals surface area (Å²) in [5, 5.41) is 13.0. The monoisotopic (exact) mass is 260 g/mol. The van der Waals surface area contributed by atoms with Crippen molar-refractivity contribution in [2.24, 2.45) is 0 Å². The third kappa shape index (κ3) is 3.28. The third-order valence-corrected chi connectivity index (χ3v) is 4.47. The summed E-state index contributed by atoms with van der Waals surface area (Å²) in [7, 11) is 0. The van der Waals surface area contributed by atoms with Crippen molar-refractivity contribution in [3.8, 4) is 5.75 Å². The van der Waals surface area contributed by atoms with Crippen molar-refractivity contribution >= 4 is 0 Å². The van der Waals surface area contributed by atoms with Crippen LogP contribution in [0.5, 0.6) is 5.75 Å². The molecule has 1 aromatic carbocycles. The number of hydrogen-bond acceptors (Lipinski definition) is 3. The first-order chi connectivity index (χ1) is 9.22. The molecular weight excluding hydrogens is 236 g/mol. The maximum Gasteiger partial charge on any atom is 0.115 e. The lowest BCUT2D eigenvalue weighted by Crippen LogP contribution is -2.43. The first-order valence-electron chi connectivity index (χ1n) is 7.51. The third-order valence-electron chi connectivity index (χ3n) is 4.47. The lowest BCUT2D eigenvalue weighted by atomic mass is 10.0. The van der Waals surface area contributed by atoms with Crippen molar-refractivity contribution < 1.29 is 5.11 Å². The molecule has 2 N–H and O–H groups in total. The van der Waals surface area contributed by atoms with Gasteiger partial charge in [0.05, 0.1) is 0 Å². The zero-order valence-corrected chi connectivity index (χ0v) is 11.7. The van der Waals surface area contributed by atoms with E-state index in [1.54, 1.807) is 12.1 Å². The van der Waals surface area contributed by atoms with Crippen LogP contribution in [0.4, 0.5) is 0 Å². The number of aromatic hydroxyl groups is 1. The van der Waals surface area contributed by atoms with Crippen molar-refractivity contribution in [2.75, 3.05) is 13.1 Å². The van der Waals surface area contributed by atoms with Gasteiger partial charge in [-0.05, 0) is 63.4 Å². The summed E-state index contributed by atoms with van der Waals surface area (Å²) in [6.45, 7) is 4.72. The lowest BCUT2D eigenvalue weighted by Gasteiger charge is -2.34. The number of nitrogens with zero attached hydrogens (tertiary/aromatic N) is 1. The van der Waals surface area contributed by atoms with E-state index in [9.17, 15) is 5.11 Å². The van der Waals surface area contributed by atoms with Crippen LogP contribution in [0.25, 0.3) is 0 Å². The fraction of sp³-hybridized carbons (Fsp3) is 0.625. The van der Waals surface area contributed by atoms with Gasteiger partial charge in [-0.1, -0.05) is 12.1 Å². The van der Waals surface area contributed by atoms with Crippen LogP contribution in [0.15, 0.2) is 24.3 Å². The van der Waals surface area contributed by atoms with Crippen LogP contribution in [0.3, 0.4) is 0 Å². The van der Waals surface area contributed by atoms with E-state index in [1.807, 2.05) is 12.1 Å². The average molecular weight is 260 g/mol. The van der Waals surface area contributed by atoms with Crippen LogP contribution in [0.2, 0.25) is 0 Å². The van der Waals surface area contributed by atoms with Gasteiger partial charge in [0.25, 0.3) is 0 Å². The largest absolute Gasteiger partial charge is 0.508 e. The van der Waals surface area contributed by atoms with Gasteiger partial charge < -0.3 is 15.3 Å². The molecule has 1 heterocycles. The number of rotatable bonds is 4. The number of phenols is 1. The maximum atomic E-state index is 9.32. The molecule has 0 bridgehead atoms. The Labute approximate surface area is 115 Å². The Balaban J connectivity index is 1.49. The first-order valence-corrected chi connectivity index (χ1v) is 7.51. The minimum absolute atomic E-state index is 0.341. The van der Waals surface area contributed by atoms with Crippen LogP contribution in [0, 0.1) is 0 Å². The summed E-state index contributed by atoms with van der Waals surface area (Å²) in [5.74, 6) is 0.341. The summed E-state index contributed by atoms with van der Waals surface area (Å²) in [5.41, 5.74) is 1.25. The number of nitrogens with one attached hydrogen (secondary N) is 1. The molecule has 1 unspecified atom stereocenters. The van der Waals surface area contributed by atoms with E-state index >= 15 is 0 Å². The van der Waals surface area contributed by atoms with Crippen LogP contribution in [-0.4, -0.2) is 35.2 Å². The van der Waals surface area contributed by atoms with Crippen LogP contribution in [0.1, 0.15) is 44.2 Å². The molecule has 0 radical (unpaired) electrons. The number of phenolic OH excluding ortho intramolecular Hbond substituents is 1. The second-order valence-corrected chi connectivity index (χ2v) is 6.02. The Morgan fingerprint density at radius 2 is 1.74 bits per heavy atom. The minimum Gasteiger partial charge on any atom is -0.508 e. The molecule has 1 aromatic rings. The highest BCUT2D eigenvalue weighted by Crippen LogP contribution is 2.29. The first kappa shape index (κ1) is 12.9. The van der Waals surface area contributed by atoms with Crippen molar-refractivity contribution in [1.82, 2.24) is 10.2 Å². The van der Waals surface area contributed by atoms with Gasteiger partial charge in [0.15, 0.2) is 0 Å². The molecule has 1 atom stereocenters. The smallest absolute Gasteiger partial charge is 0.115 e. The highest BCUT2D eigenvalue weighted by atomic mass is 16.3. The van der Waals surface area contributed by atoms with E-state index in [-0.39, 0.29) is 0 Å². The predicted molar refractivity (Wildman–Crippen MR) is 77.3 cm³/mol. The second kappa shape index (κ2) is 5.51. The fourth-order valence-corrected chi connectivity index (χ4v) is 3.08. The Kier molecular flexibility index (Phi) is 3.76. The molecule has 1 saturated carbocycles. The van der Waals surface area contributed by atoms with Gasteiger partial charge in [-0.2, -0.15) is 0 Å². The highest BCUT2D eigenvalue weighted by molar-refractivity contribution is 5.27. The van der Waals surface area contributed by atoms with E-state index in [0.717, 1.165) is 6.04 Å². The van der Waals surface area contributed by atoms with Crippen molar-refractivity contribution in [3.63, 3.8) is 0 Å². The standard InChI is InChI=1S/C16H24N2O/c1-12(13-2-6-16(19)7-3-13)17-14-8-10-18(11-9-14)15-4-5-15/h2-3,6-7,12,14-15,17,19H,4-5,8-11H2,1H3. The van der Waals surface area contributed by atoms with Crippen LogP contribution in [-0.2, 0) is 0 Å². The summed E-state index contributed by atoms with van der Waals surface area (Å²) in [6, 6.07) is 9.46. The lowest BCUT2D eigenvalue weighted by molar-refractivity contribution is 0.184. The number of benzene rings is 1. The summed E-state index contributed by atoms with van der Waals surface area (Å²) in [6.07, 6.45) is 5.36. The molecule has 1 saturated heterocycles. The number of hydrogen-bond donors (Lipinski definition) is 2. The van der Waals surface area contributed by atoms with Gasteiger partial charge in [-0.3, -0.25) is 0 Å². The molecule has 1 aliphatic heterocycles. The molecule has 1 aliphatic carbocycles. The normalized spacial score (nSPS) is 23.4. The number of likely N-dealkylation sites (tertiary alicyclic amines) is 1. The van der Waals surface area contributed by atoms with Crippen LogP contribution < -0.4 is 5.32 Å². The van der Waals surface area contributed by atoms with Crippen molar-refractivity contribution in [2.45, 2.75) is 50.7 Å².